The molecule has 5 aliphatic rings. The Hall–Kier alpha value is -4.47. The van der Waals surface area contributed by atoms with Gasteiger partial charge in [-0.15, -0.1) is 0 Å². The molecule has 0 bridgehead atoms. The van der Waals surface area contributed by atoms with Gasteiger partial charge in [0.1, 0.15) is 30.1 Å². The molecule has 15 atom stereocenters. The summed E-state index contributed by atoms with van der Waals surface area (Å²) in [6.07, 6.45) is -2.18. The number of morpholine rings is 5. The molecule has 5 aromatic heterocycles. The van der Waals surface area contributed by atoms with Crippen molar-refractivity contribution in [3.63, 3.8) is 0 Å². The molecule has 5 aliphatic heterocycles. The van der Waals surface area contributed by atoms with E-state index in [0.717, 1.165) is 0 Å². The van der Waals surface area contributed by atoms with Gasteiger partial charge in [0.05, 0.1) is 102 Å². The molecule has 0 aliphatic carbocycles. The summed E-state index contributed by atoms with van der Waals surface area (Å²) < 4.78 is 159. The maximum Gasteiger partial charge on any atom is 0.351 e. The highest BCUT2D eigenvalue weighted by atomic mass is 31.2. The molecule has 0 aromatic carbocycles. The number of anilines is 3. The van der Waals surface area contributed by atoms with E-state index in [1.165, 1.54) is 54.5 Å². The Labute approximate surface area is 574 Å². The van der Waals surface area contributed by atoms with Gasteiger partial charge in [-0.05, 0) is 90.4 Å². The Morgan fingerprint density at radius 2 is 0.949 bits per heavy atom. The summed E-state index contributed by atoms with van der Waals surface area (Å²) in [5.74, 6) is 0.0158. The van der Waals surface area contributed by atoms with E-state index in [1.54, 1.807) is 110 Å². The Kier molecular flexibility index (Phi) is 24.5. The molecule has 0 saturated carbocycles. The van der Waals surface area contributed by atoms with Crippen LogP contribution in [0.15, 0.2) is 40.8 Å². The van der Waals surface area contributed by atoms with Gasteiger partial charge in [-0.25, -0.2) is 66.8 Å². The minimum atomic E-state index is -4.15. The molecule has 5 aromatic rings. The highest BCUT2D eigenvalue weighted by Crippen LogP contribution is 2.60. The lowest BCUT2D eigenvalue weighted by Crippen LogP contribution is -2.51. The molecule has 10 heterocycles. The van der Waals surface area contributed by atoms with Crippen molar-refractivity contribution in [2.24, 2.45) is 0 Å². The van der Waals surface area contributed by atoms with Crippen molar-refractivity contribution in [3.05, 3.63) is 52.1 Å². The topological polar surface area (TPSA) is 439 Å². The van der Waals surface area contributed by atoms with Gasteiger partial charge < -0.3 is 68.8 Å². The van der Waals surface area contributed by atoms with Gasteiger partial charge in [0, 0.05) is 64.2 Å². The van der Waals surface area contributed by atoms with E-state index in [1.807, 2.05) is 20.8 Å². The van der Waals surface area contributed by atoms with Crippen LogP contribution in [0.5, 0.6) is 0 Å². The number of nitrogens with one attached hydrogen (secondary N) is 2. The fourth-order valence-electron chi connectivity index (χ4n) is 12.4. The highest BCUT2D eigenvalue weighted by Gasteiger charge is 2.50. The summed E-state index contributed by atoms with van der Waals surface area (Å²) in [7, 11) is -3.03. The minimum Gasteiger partial charge on any atom is -0.383 e. The Bertz CT molecular complexity index is 3980. The third kappa shape index (κ3) is 16.7. The van der Waals surface area contributed by atoms with E-state index in [2.05, 4.69) is 40.2 Å². The first-order valence-electron chi connectivity index (χ1n) is 32.3. The predicted molar refractivity (Wildman–Crippen MR) is 366 cm³/mol. The predicted octanol–water partition coefficient (Wildman–Crippen LogP) is 1.95. The average molecular weight is 1490 g/mol. The number of rotatable bonds is 28. The number of nitrogen functional groups attached to an aromatic ring is 3. The van der Waals surface area contributed by atoms with E-state index in [9.17, 15) is 14.2 Å². The van der Waals surface area contributed by atoms with Crippen LogP contribution in [-0.4, -0.2) is 308 Å². The monoisotopic (exact) mass is 1490 g/mol. The maximum absolute atomic E-state index is 15.8. The quantitative estimate of drug-likeness (QED) is 0.0447. The molecule has 40 nitrogen and oxygen atoms in total. The Morgan fingerprint density at radius 1 is 0.515 bits per heavy atom. The molecule has 10 rings (SSSR count). The van der Waals surface area contributed by atoms with Gasteiger partial charge in [0.25, 0.3) is 13.1 Å². The van der Waals surface area contributed by atoms with Crippen LogP contribution >= 0.6 is 38.2 Å². The van der Waals surface area contributed by atoms with Crippen molar-refractivity contribution >= 4 is 78.1 Å². The number of imidazole rings is 2. The number of aromatic nitrogens is 10. The number of fused-ring (bicyclic) bond motifs is 2. The van der Waals surface area contributed by atoms with Crippen molar-refractivity contribution in [1.29, 1.82) is 0 Å². The molecule has 99 heavy (non-hydrogen) atoms. The highest BCUT2D eigenvalue weighted by molar-refractivity contribution is 7.57. The molecule has 5 unspecified atom stereocenters. The van der Waals surface area contributed by atoms with Gasteiger partial charge in [0.15, 0.2) is 28.9 Å². The molecular weight excluding hydrogens is 1400 g/mol. The lowest BCUT2D eigenvalue weighted by molar-refractivity contribution is -0.123. The van der Waals surface area contributed by atoms with Crippen molar-refractivity contribution in [3.8, 4) is 0 Å². The van der Waals surface area contributed by atoms with E-state index >= 15 is 18.3 Å². The second-order valence-electron chi connectivity index (χ2n) is 26.2. The number of nitrogens with two attached hydrogens (primary N) is 3. The smallest absolute Gasteiger partial charge is 0.351 e. The van der Waals surface area contributed by atoms with Crippen LogP contribution in [0.25, 0.3) is 22.3 Å². The van der Waals surface area contributed by atoms with Gasteiger partial charge in [-0.1, -0.05) is 13.8 Å². The summed E-state index contributed by atoms with van der Waals surface area (Å²) in [6.45, 7) is 6.88. The van der Waals surface area contributed by atoms with Crippen LogP contribution in [0, 0.1) is 0 Å². The zero-order valence-electron chi connectivity index (χ0n) is 58.3. The van der Waals surface area contributed by atoms with Gasteiger partial charge in [-0.2, -0.15) is 9.97 Å². The van der Waals surface area contributed by atoms with Crippen LogP contribution in [0.1, 0.15) is 46.4 Å². The molecule has 45 heteroatoms. The molecule has 8 N–H and O–H groups in total. The molecule has 0 radical (unpaired) electrons. The first-order valence-corrected chi connectivity index (χ1v) is 40.0. The summed E-state index contributed by atoms with van der Waals surface area (Å²) >= 11 is 0. The van der Waals surface area contributed by atoms with Crippen LogP contribution in [0.2, 0.25) is 0 Å². The lowest BCUT2D eigenvalue weighted by atomic mass is 10.2. The number of hydrogen-bond donors (Lipinski definition) is 5. The summed E-state index contributed by atoms with van der Waals surface area (Å²) in [4.78, 5) is 54.1. The number of hydrogen-bond acceptors (Lipinski definition) is 27. The SMILES string of the molecule is CC(C)P(=O)(OC[C@@H]1CN(P(=O)(OC[C@@H]2CN(P(=O)(OC[C@@H]3CN(P(=O)(OC[C@@H]4CN(P(=O)(OC[C@@H]5CNC[C@H](n6cnc7c(=O)[nH]c(N)nc76)O5)N(C)C)C[C@H](n5cnc6c(N)ncnc65)O4)N(C)C)C[C@H](C)O3)N(C)C)C[C@H](n3ccc(N)nc3=O)O2)N(C)C)C[C@H](C)O1)N(C)C. The summed E-state index contributed by atoms with van der Waals surface area (Å²) in [6, 6.07) is 1.43. The zero-order chi connectivity index (χ0) is 71.8. The van der Waals surface area contributed by atoms with Crippen LogP contribution in [-0.2, 0) is 69.1 Å². The molecule has 554 valence electrons. The third-order valence-corrected chi connectivity index (χ3v) is 30.4. The Morgan fingerprint density at radius 3 is 1.42 bits per heavy atom. The molecule has 0 amide bonds. The minimum absolute atomic E-state index is 0.0226. The van der Waals surface area contributed by atoms with Crippen molar-refractivity contribution in [1.82, 2.24) is 95.9 Å². The second kappa shape index (κ2) is 31.5. The summed E-state index contributed by atoms with van der Waals surface area (Å²) in [5.41, 5.74) is 17.5. The average Bonchev–Trinajstić information content (AvgIpc) is 1.22. The number of nitrogens with zero attached hydrogens (tertiary/aromatic N) is 18. The standard InChI is InChI=1S/C54H96N23O17P5/c1-35(2)95(80,66(5)6)85-28-39-21-71(19-36(3)90-39)96(81,67(7)8)88-30-41-23-73(25-45(93-41)75-16-15-43(55)63-54(75)79)99(84,70(13)14)87-29-40-22-72(20-37(4)91-40)97(82,68(9)10)89-31-42-24-74(26-46(94-42)77-33-61-47-49(56)59-32-60-50(47)77)98(83,69(11)12)86-27-38-17-58-18-44(92-38)76-34-62-48-51(76)64-53(57)65-52(48)78/h15-16,32-42,44-46,58H,17-31H2,1-14H3,(H2,55,63,79)(H2,56,59,60)(H3,57,64,65,78)/t36-,37-,38-,39-,40-,41-,42-,44+,45+,46+,95?,96?,97?,98?,99?/m0/s1. The fraction of sp³-hybridized carbons (Fsp3) is 0.741. The van der Waals surface area contributed by atoms with Crippen molar-refractivity contribution in [2.45, 2.75) is 94.8 Å². The number of ether oxygens (including phenoxy) is 5. The molecule has 5 fully saturated rings. The fourth-order valence-corrected chi connectivity index (χ4v) is 22.4. The van der Waals surface area contributed by atoms with E-state index < -0.39 is 111 Å². The molecule has 5 saturated heterocycles. The van der Waals surface area contributed by atoms with Gasteiger partial charge >= 0.3 is 36.4 Å². The number of H-pyrrole nitrogens is 1. The van der Waals surface area contributed by atoms with Crippen LogP contribution < -0.4 is 33.8 Å². The largest absolute Gasteiger partial charge is 0.383 e. The van der Waals surface area contributed by atoms with Gasteiger partial charge in [0.2, 0.25) is 5.95 Å². The first-order chi connectivity index (χ1) is 46.6. The normalized spacial score (nSPS) is 28.4. The van der Waals surface area contributed by atoms with E-state index in [4.69, 9.17) is 63.5 Å². The Balaban J connectivity index is 0.844. The van der Waals surface area contributed by atoms with E-state index in [-0.39, 0.29) is 120 Å². The molecular formula is C54H96N23O17P5. The van der Waals surface area contributed by atoms with Crippen LogP contribution in [0.4, 0.5) is 17.6 Å². The maximum atomic E-state index is 15.8. The zero-order valence-corrected chi connectivity index (χ0v) is 62.8. The van der Waals surface area contributed by atoms with Crippen molar-refractivity contribution < 1.29 is 69.1 Å². The second-order valence-corrected chi connectivity index (χ2v) is 39.8. The summed E-state index contributed by atoms with van der Waals surface area (Å²) in [5, 5.41) is 3.32. The molecule has 0 spiro atoms. The number of aromatic amines is 1. The lowest BCUT2D eigenvalue weighted by Gasteiger charge is -2.45. The van der Waals surface area contributed by atoms with Crippen LogP contribution in [0.3, 0.4) is 0 Å². The van der Waals surface area contributed by atoms with E-state index in [0.29, 0.717) is 24.3 Å². The third-order valence-electron chi connectivity index (χ3n) is 17.4. The first kappa shape index (κ1) is 77.2. The van der Waals surface area contributed by atoms with Crippen molar-refractivity contribution in [2.75, 3.05) is 186 Å². The van der Waals surface area contributed by atoms with Gasteiger partial charge in [-0.3, -0.25) is 46.3 Å².